The molecule has 0 atom stereocenters. The highest BCUT2D eigenvalue weighted by Gasteiger charge is 2.42. The number of pyridine rings is 1. The van der Waals surface area contributed by atoms with Crippen molar-refractivity contribution in [3.05, 3.63) is 292 Å². The first kappa shape index (κ1) is 53.7. The van der Waals surface area contributed by atoms with Crippen molar-refractivity contribution < 1.29 is 19.2 Å². The number of benzene rings is 9. The lowest BCUT2D eigenvalue weighted by Crippen LogP contribution is -2.24. The van der Waals surface area contributed by atoms with Crippen LogP contribution in [0.3, 0.4) is 0 Å². The number of rotatable bonds is 7. The van der Waals surface area contributed by atoms with Gasteiger partial charge >= 0.3 is 0 Å². The second-order valence-corrected chi connectivity index (χ2v) is 23.4. The molecule has 6 heterocycles. The Morgan fingerprint density at radius 3 is 1.26 bits per heavy atom. The topological polar surface area (TPSA) is 171 Å². The van der Waals surface area contributed by atoms with Crippen molar-refractivity contribution in [1.29, 1.82) is 0 Å². The first-order chi connectivity index (χ1) is 44.9. The summed E-state index contributed by atoms with van der Waals surface area (Å²) in [5.74, 6) is 1.59. The molecule has 0 amide bonds. The average Bonchev–Trinajstić information content (AvgIpc) is 1.59. The van der Waals surface area contributed by atoms with Crippen LogP contribution in [0.15, 0.2) is 248 Å². The van der Waals surface area contributed by atoms with Crippen LogP contribution in [0.5, 0.6) is 0 Å². The number of hydrogen-bond donors (Lipinski definition) is 0. The maximum atomic E-state index is 14.8. The van der Waals surface area contributed by atoms with Crippen LogP contribution in [0.25, 0.3) is 65.6 Å². The summed E-state index contributed by atoms with van der Waals surface area (Å²) in [5, 5.41) is 4.77. The average molecular weight is 1190 g/mol. The van der Waals surface area contributed by atoms with Gasteiger partial charge < -0.3 is 0 Å². The molecule has 92 heavy (non-hydrogen) atoms. The van der Waals surface area contributed by atoms with Crippen molar-refractivity contribution in [3.8, 4) is 11.1 Å². The minimum atomic E-state index is -0.504. The minimum absolute atomic E-state index is 0.00615. The fraction of sp³-hybridized carbons (Fsp3) is 0.0519. The number of ketones is 4. The zero-order chi connectivity index (χ0) is 62.2. The molecule has 0 fully saturated rings. The van der Waals surface area contributed by atoms with E-state index in [2.05, 4.69) is 120 Å². The second-order valence-electron chi connectivity index (χ2n) is 23.4. The molecule has 2 aliphatic heterocycles. The number of carbonyl (C=O) groups excluding carboxylic acids is 4. The van der Waals surface area contributed by atoms with Gasteiger partial charge in [-0.2, -0.15) is 0 Å². The normalized spacial score (nSPS) is 15.2. The SMILES string of the molecule is Cc1cccc(C)c1N1C(=C/C=C2/C(=O)c3cc4ccc(-c5ccc6nc7c(nc6c5)N(c5ccc6ccccc6c5)/C(=C\C=C5C(=O)c6nccnc6C5=O)N7c5ccc6ccccc6c5)cc4nc3C2=O)N(c2c(C)cccc2C)c2nc3ccccc3nc21. The Bertz CT molecular complexity index is 5490. The van der Waals surface area contributed by atoms with Gasteiger partial charge in [0.05, 0.1) is 55.7 Å². The summed E-state index contributed by atoms with van der Waals surface area (Å²) in [6.07, 6.45) is 9.59. The summed E-state index contributed by atoms with van der Waals surface area (Å²) in [6, 6.07) is 62.1. The Labute approximate surface area is 526 Å². The summed E-state index contributed by atoms with van der Waals surface area (Å²) in [6.45, 7) is 8.26. The molecule has 0 saturated heterocycles. The smallest absolute Gasteiger partial charge is 0.217 e. The Morgan fingerprint density at radius 2 is 0.728 bits per heavy atom. The summed E-state index contributed by atoms with van der Waals surface area (Å²) in [4.78, 5) is 100. The van der Waals surface area contributed by atoms with Crippen molar-refractivity contribution >= 4 is 124 Å². The molecule has 0 saturated carbocycles. The van der Waals surface area contributed by atoms with Gasteiger partial charge in [-0.25, -0.2) is 34.9 Å². The van der Waals surface area contributed by atoms with Crippen LogP contribution >= 0.6 is 0 Å². The lowest BCUT2D eigenvalue weighted by Gasteiger charge is -2.28. The van der Waals surface area contributed by atoms with Crippen LogP contribution in [0.1, 0.15) is 64.1 Å². The summed E-state index contributed by atoms with van der Waals surface area (Å²) < 4.78 is 0. The number of aromatic nitrogens is 7. The number of nitrogens with zero attached hydrogens (tertiary/aromatic N) is 11. The van der Waals surface area contributed by atoms with E-state index in [0.29, 0.717) is 56.8 Å². The number of Topliss-reactive ketones (excluding diaryl/α,β-unsaturated/α-hetero) is 4. The first-order valence-corrected chi connectivity index (χ1v) is 30.1. The van der Waals surface area contributed by atoms with E-state index in [4.69, 9.17) is 24.9 Å². The molecule has 2 aliphatic carbocycles. The predicted molar refractivity (Wildman–Crippen MR) is 360 cm³/mol. The molecule has 0 unspecified atom stereocenters. The summed E-state index contributed by atoms with van der Waals surface area (Å²) in [5.41, 5.74) is 12.5. The maximum Gasteiger partial charge on any atom is 0.217 e. The van der Waals surface area contributed by atoms with Gasteiger partial charge in [-0.3, -0.25) is 38.8 Å². The van der Waals surface area contributed by atoms with Crippen LogP contribution in [0.4, 0.5) is 46.0 Å². The molecular formula is C77H49N11O4. The largest absolute Gasteiger partial charge is 0.288 e. The molecule has 17 rings (SSSR count). The third-order valence-electron chi connectivity index (χ3n) is 17.8. The fourth-order valence-corrected chi connectivity index (χ4v) is 13.3. The van der Waals surface area contributed by atoms with Crippen molar-refractivity contribution in [3.63, 3.8) is 0 Å². The molecule has 9 aromatic carbocycles. The van der Waals surface area contributed by atoms with Gasteiger partial charge in [0.15, 0.2) is 29.1 Å². The molecule has 0 radical (unpaired) electrons. The van der Waals surface area contributed by atoms with Crippen LogP contribution < -0.4 is 19.6 Å². The van der Waals surface area contributed by atoms with E-state index in [1.54, 1.807) is 24.3 Å². The van der Waals surface area contributed by atoms with E-state index in [9.17, 15) is 19.2 Å². The molecule has 0 N–H and O–H groups in total. The van der Waals surface area contributed by atoms with Crippen molar-refractivity contribution in [2.24, 2.45) is 0 Å². The Morgan fingerprint density at radius 1 is 0.315 bits per heavy atom. The van der Waals surface area contributed by atoms with Gasteiger partial charge in [-0.15, -0.1) is 0 Å². The third-order valence-corrected chi connectivity index (χ3v) is 17.8. The van der Waals surface area contributed by atoms with E-state index < -0.39 is 23.1 Å². The van der Waals surface area contributed by atoms with Gasteiger partial charge in [0.1, 0.15) is 28.7 Å². The van der Waals surface area contributed by atoms with E-state index in [-0.39, 0.29) is 33.8 Å². The molecular weight excluding hydrogens is 1140 g/mol. The number of carbonyl (C=O) groups is 4. The van der Waals surface area contributed by atoms with Crippen LogP contribution in [0, 0.1) is 27.7 Å². The van der Waals surface area contributed by atoms with Crippen LogP contribution in [0.2, 0.25) is 0 Å². The fourth-order valence-electron chi connectivity index (χ4n) is 13.3. The highest BCUT2D eigenvalue weighted by atomic mass is 16.2. The molecule has 4 aliphatic rings. The Balaban J connectivity index is 0.772. The van der Waals surface area contributed by atoms with Gasteiger partial charge in [-0.1, -0.05) is 127 Å². The van der Waals surface area contributed by atoms with E-state index in [1.807, 2.05) is 125 Å². The molecule has 15 heteroatoms. The highest BCUT2D eigenvalue weighted by Crippen LogP contribution is 2.53. The Hall–Kier alpha value is -12.5. The third kappa shape index (κ3) is 8.32. The highest BCUT2D eigenvalue weighted by molar-refractivity contribution is 6.40. The van der Waals surface area contributed by atoms with E-state index >= 15 is 0 Å². The number of hydrogen-bond acceptors (Lipinski definition) is 15. The first-order valence-electron chi connectivity index (χ1n) is 30.1. The second kappa shape index (κ2) is 20.5. The number of anilines is 8. The quantitative estimate of drug-likeness (QED) is 0.109. The zero-order valence-corrected chi connectivity index (χ0v) is 49.9. The summed E-state index contributed by atoms with van der Waals surface area (Å²) in [7, 11) is 0. The molecule has 13 aromatic rings. The number of para-hydroxylation sites is 4. The summed E-state index contributed by atoms with van der Waals surface area (Å²) >= 11 is 0. The lowest BCUT2D eigenvalue weighted by atomic mass is 10.0. The zero-order valence-electron chi connectivity index (χ0n) is 49.9. The van der Waals surface area contributed by atoms with Gasteiger partial charge in [0, 0.05) is 29.2 Å². The molecule has 0 bridgehead atoms. The molecule has 15 nitrogen and oxygen atoms in total. The monoisotopic (exact) mass is 1190 g/mol. The molecule has 4 aromatic heterocycles. The lowest BCUT2D eigenvalue weighted by molar-refractivity contribution is 0.0971. The van der Waals surface area contributed by atoms with Crippen LogP contribution in [-0.4, -0.2) is 58.0 Å². The van der Waals surface area contributed by atoms with Gasteiger partial charge in [0.25, 0.3) is 0 Å². The standard InChI is InChI=1S/C77H49N11O4/c1-42-13-11-14-43(2)68(42)87-64(88(69-44(3)15-12-16-45(69)4)77-76(87)81-58-21-9-10-22-59(58)82-77)34-30-55-70(89)57-39-52-24-23-50(40-61(52)80-65(57)71(55)90)51-27-32-60-62(41-51)84-75-74(83-60)85(53-28-25-46-17-5-7-19-48(46)37-53)63(86(75)54-29-26-47-18-6-8-20-49(47)38-54)33-31-56-72(91)66-67(73(56)92)79-36-35-78-66/h5-41H,1-4H3/b55-30-,63-33-. The van der Waals surface area contributed by atoms with Crippen molar-refractivity contribution in [2.75, 3.05) is 19.6 Å². The van der Waals surface area contributed by atoms with Gasteiger partial charge in [0.2, 0.25) is 17.3 Å². The molecule has 0 spiro atoms. The minimum Gasteiger partial charge on any atom is -0.288 e. The van der Waals surface area contributed by atoms with Crippen LogP contribution in [-0.2, 0) is 0 Å². The van der Waals surface area contributed by atoms with Crippen molar-refractivity contribution in [2.45, 2.75) is 27.7 Å². The van der Waals surface area contributed by atoms with Crippen molar-refractivity contribution in [1.82, 2.24) is 34.9 Å². The number of allylic oxidation sites excluding steroid dienone is 6. The predicted octanol–water partition coefficient (Wildman–Crippen LogP) is 16.4. The maximum absolute atomic E-state index is 14.8. The van der Waals surface area contributed by atoms with E-state index in [0.717, 1.165) is 88.7 Å². The number of aryl methyl sites for hydroxylation is 4. The molecule has 436 valence electrons. The number of fused-ring (bicyclic) bond motifs is 9. The van der Waals surface area contributed by atoms with E-state index in [1.165, 1.54) is 12.4 Å². The van der Waals surface area contributed by atoms with Gasteiger partial charge in [-0.05, 0) is 168 Å². The Kier molecular flexibility index (Phi) is 12.0.